The third-order valence-electron chi connectivity index (χ3n) is 4.58. The molecule has 0 unspecified atom stereocenters. The molecule has 134 valence electrons. The summed E-state index contributed by atoms with van der Waals surface area (Å²) in [4.78, 5) is 26.7. The number of pyridine rings is 1. The monoisotopic (exact) mass is 353 g/mol. The first-order valence-electron chi connectivity index (χ1n) is 8.64. The van der Waals surface area contributed by atoms with Crippen LogP contribution in [0.4, 0.5) is 0 Å². The van der Waals surface area contributed by atoms with Gasteiger partial charge in [-0.05, 0) is 25.0 Å². The van der Waals surface area contributed by atoms with E-state index in [1.54, 1.807) is 23.4 Å². The lowest BCUT2D eigenvalue weighted by molar-refractivity contribution is -0.132. The molecule has 26 heavy (non-hydrogen) atoms. The third kappa shape index (κ3) is 3.61. The first-order valence-corrected chi connectivity index (χ1v) is 8.64. The molecule has 4 rings (SSSR count). The molecule has 3 aromatic rings. The molecule has 0 aromatic carbocycles. The number of amides is 1. The number of aryl methyl sites for hydroxylation is 1. The van der Waals surface area contributed by atoms with Gasteiger partial charge in [0.15, 0.2) is 5.82 Å². The average Bonchev–Trinajstić information content (AvgIpc) is 3.39. The van der Waals surface area contributed by atoms with Gasteiger partial charge in [0.25, 0.3) is 5.89 Å². The van der Waals surface area contributed by atoms with Gasteiger partial charge < -0.3 is 9.42 Å². The molecule has 1 fully saturated rings. The van der Waals surface area contributed by atoms with E-state index in [1.165, 1.54) is 6.33 Å². The molecule has 0 saturated carbocycles. The van der Waals surface area contributed by atoms with Crippen molar-refractivity contribution >= 4 is 5.91 Å². The Bertz CT molecular complexity index is 839. The average molecular weight is 353 g/mol. The highest BCUT2D eigenvalue weighted by atomic mass is 16.5. The molecule has 0 spiro atoms. The Morgan fingerprint density at radius 1 is 1.27 bits per heavy atom. The van der Waals surface area contributed by atoms with Crippen LogP contribution in [0.3, 0.4) is 0 Å². The highest BCUT2D eigenvalue weighted by molar-refractivity contribution is 5.76. The Labute approximate surface area is 150 Å². The number of carbonyl (C=O) groups excluding carboxylic acids is 1. The van der Waals surface area contributed by atoms with Crippen LogP contribution in [-0.4, -0.2) is 53.8 Å². The first-order chi connectivity index (χ1) is 12.8. The second kappa shape index (κ2) is 7.42. The predicted octanol–water partition coefficient (Wildman–Crippen LogP) is 1.52. The minimum Gasteiger partial charge on any atom is -0.343 e. The van der Waals surface area contributed by atoms with Crippen LogP contribution in [0.15, 0.2) is 41.7 Å². The number of rotatable bonds is 5. The minimum absolute atomic E-state index is 0.142. The van der Waals surface area contributed by atoms with Gasteiger partial charge in [0.05, 0.1) is 12.1 Å². The van der Waals surface area contributed by atoms with Gasteiger partial charge in [0.1, 0.15) is 12.7 Å². The van der Waals surface area contributed by atoms with E-state index in [4.69, 9.17) is 4.52 Å². The van der Waals surface area contributed by atoms with Crippen LogP contribution in [0.5, 0.6) is 0 Å². The molecule has 1 aliphatic rings. The highest BCUT2D eigenvalue weighted by Gasteiger charge is 2.27. The molecule has 0 bridgehead atoms. The third-order valence-corrected chi connectivity index (χ3v) is 4.58. The van der Waals surface area contributed by atoms with Crippen molar-refractivity contribution in [2.45, 2.75) is 31.7 Å². The van der Waals surface area contributed by atoms with Crippen molar-refractivity contribution in [3.8, 4) is 11.5 Å². The fourth-order valence-electron chi connectivity index (χ4n) is 3.11. The summed E-state index contributed by atoms with van der Waals surface area (Å²) in [5.74, 6) is 1.55. The summed E-state index contributed by atoms with van der Waals surface area (Å²) in [6.07, 6.45) is 8.60. The van der Waals surface area contributed by atoms with Crippen molar-refractivity contribution < 1.29 is 9.32 Å². The fourth-order valence-corrected chi connectivity index (χ4v) is 3.11. The number of likely N-dealkylation sites (tertiary alicyclic amines) is 1. The number of hydrogen-bond acceptors (Lipinski definition) is 7. The lowest BCUT2D eigenvalue weighted by Crippen LogP contribution is -2.38. The van der Waals surface area contributed by atoms with Crippen LogP contribution in [-0.2, 0) is 11.3 Å². The fraction of sp³-hybridized carbons (Fsp3) is 0.412. The van der Waals surface area contributed by atoms with E-state index in [2.05, 4.69) is 25.2 Å². The summed E-state index contributed by atoms with van der Waals surface area (Å²) in [5, 5.41) is 8.14. The zero-order valence-corrected chi connectivity index (χ0v) is 14.2. The van der Waals surface area contributed by atoms with Crippen molar-refractivity contribution in [1.29, 1.82) is 0 Å². The summed E-state index contributed by atoms with van der Waals surface area (Å²) in [5.41, 5.74) is 0.812. The van der Waals surface area contributed by atoms with E-state index >= 15 is 0 Å². The van der Waals surface area contributed by atoms with Gasteiger partial charge in [-0.1, -0.05) is 5.16 Å². The number of piperidine rings is 1. The largest absolute Gasteiger partial charge is 0.343 e. The molecule has 9 heteroatoms. The van der Waals surface area contributed by atoms with E-state index in [9.17, 15) is 4.79 Å². The van der Waals surface area contributed by atoms with E-state index in [1.807, 2.05) is 17.0 Å². The SMILES string of the molecule is O=C(CCn1cncn1)N1CCC(c2noc(-c3cccnc3)n2)CC1. The minimum atomic E-state index is 0.142. The van der Waals surface area contributed by atoms with Gasteiger partial charge in [-0.2, -0.15) is 10.1 Å². The number of nitrogens with zero attached hydrogens (tertiary/aromatic N) is 7. The van der Waals surface area contributed by atoms with Crippen LogP contribution in [0.2, 0.25) is 0 Å². The number of aromatic nitrogens is 6. The van der Waals surface area contributed by atoms with E-state index in [0.717, 1.165) is 18.4 Å². The molecule has 1 aliphatic heterocycles. The summed E-state index contributed by atoms with van der Waals surface area (Å²) in [6.45, 7) is 1.97. The van der Waals surface area contributed by atoms with Crippen LogP contribution in [0.1, 0.15) is 31.0 Å². The maximum absolute atomic E-state index is 12.3. The van der Waals surface area contributed by atoms with Crippen LogP contribution in [0, 0.1) is 0 Å². The van der Waals surface area contributed by atoms with E-state index in [-0.39, 0.29) is 11.8 Å². The van der Waals surface area contributed by atoms with Gasteiger partial charge in [-0.3, -0.25) is 14.5 Å². The smallest absolute Gasteiger partial charge is 0.259 e. The van der Waals surface area contributed by atoms with Crippen molar-refractivity contribution in [2.24, 2.45) is 0 Å². The van der Waals surface area contributed by atoms with Crippen LogP contribution >= 0.6 is 0 Å². The molecule has 9 nitrogen and oxygen atoms in total. The molecule has 1 saturated heterocycles. The molecule has 0 atom stereocenters. The van der Waals surface area contributed by atoms with Gasteiger partial charge in [-0.25, -0.2) is 4.98 Å². The van der Waals surface area contributed by atoms with Gasteiger partial charge in [0.2, 0.25) is 5.91 Å². The Kier molecular flexibility index (Phi) is 4.67. The Hall–Kier alpha value is -3.10. The standard InChI is InChI=1S/C17H19N7O2/c25-15(5-9-24-12-19-11-20-24)23-7-3-13(4-8-23)16-21-17(26-22-16)14-2-1-6-18-10-14/h1-2,6,10-13H,3-5,7-9H2. The quantitative estimate of drug-likeness (QED) is 0.685. The molecule has 0 radical (unpaired) electrons. The van der Waals surface area contributed by atoms with Crippen molar-refractivity contribution in [3.05, 3.63) is 43.0 Å². The van der Waals surface area contributed by atoms with Crippen molar-refractivity contribution in [3.63, 3.8) is 0 Å². The Balaban J connectivity index is 1.31. The first kappa shape index (κ1) is 16.4. The number of hydrogen-bond donors (Lipinski definition) is 0. The second-order valence-electron chi connectivity index (χ2n) is 6.26. The molecular formula is C17H19N7O2. The Morgan fingerprint density at radius 2 is 2.15 bits per heavy atom. The Morgan fingerprint density at radius 3 is 2.88 bits per heavy atom. The predicted molar refractivity (Wildman–Crippen MR) is 90.7 cm³/mol. The van der Waals surface area contributed by atoms with Crippen molar-refractivity contribution in [2.75, 3.05) is 13.1 Å². The summed E-state index contributed by atoms with van der Waals surface area (Å²) >= 11 is 0. The van der Waals surface area contributed by atoms with Crippen molar-refractivity contribution in [1.82, 2.24) is 34.8 Å². The lowest BCUT2D eigenvalue weighted by atomic mass is 9.96. The zero-order chi connectivity index (χ0) is 17.8. The van der Waals surface area contributed by atoms with Crippen LogP contribution < -0.4 is 0 Å². The normalized spacial score (nSPS) is 15.3. The number of carbonyl (C=O) groups is 1. The van der Waals surface area contributed by atoms with Gasteiger partial charge in [-0.15, -0.1) is 0 Å². The summed E-state index contributed by atoms with van der Waals surface area (Å²) < 4.78 is 7.03. The summed E-state index contributed by atoms with van der Waals surface area (Å²) in [6, 6.07) is 3.73. The lowest BCUT2D eigenvalue weighted by Gasteiger charge is -2.30. The van der Waals surface area contributed by atoms with Gasteiger partial charge >= 0.3 is 0 Å². The van der Waals surface area contributed by atoms with Gasteiger partial charge in [0, 0.05) is 37.8 Å². The van der Waals surface area contributed by atoms with E-state index < -0.39 is 0 Å². The second-order valence-corrected chi connectivity index (χ2v) is 6.26. The zero-order valence-electron chi connectivity index (χ0n) is 14.2. The molecule has 3 aromatic heterocycles. The molecule has 0 N–H and O–H groups in total. The molecule has 4 heterocycles. The summed E-state index contributed by atoms with van der Waals surface area (Å²) in [7, 11) is 0. The molecule has 0 aliphatic carbocycles. The molecular weight excluding hydrogens is 334 g/mol. The highest BCUT2D eigenvalue weighted by Crippen LogP contribution is 2.28. The molecule has 1 amide bonds. The van der Waals surface area contributed by atoms with E-state index in [0.29, 0.717) is 37.8 Å². The maximum Gasteiger partial charge on any atom is 0.259 e. The maximum atomic E-state index is 12.3. The topological polar surface area (TPSA) is 103 Å². The van der Waals surface area contributed by atoms with Crippen LogP contribution in [0.25, 0.3) is 11.5 Å².